The molecule has 0 radical (unpaired) electrons. The molecule has 49 heavy (non-hydrogen) atoms. The lowest BCUT2D eigenvalue weighted by molar-refractivity contribution is 0.263. The fourth-order valence-electron chi connectivity index (χ4n) is 7.28. The number of para-hydroxylation sites is 1. The minimum Gasteiger partial charge on any atom is -0.464 e. The van der Waals surface area contributed by atoms with Crippen LogP contribution >= 0.6 is 0 Å². The summed E-state index contributed by atoms with van der Waals surface area (Å²) >= 11 is 0. The molecule has 8 aromatic carbocycles. The number of fused-ring (bicyclic) bond motifs is 8. The van der Waals surface area contributed by atoms with Crippen LogP contribution in [0, 0.1) is 0 Å². The largest absolute Gasteiger partial charge is 0.464 e. The van der Waals surface area contributed by atoms with Gasteiger partial charge in [0.2, 0.25) is 0 Å². The molecule has 0 saturated heterocycles. The van der Waals surface area contributed by atoms with Crippen LogP contribution in [0.3, 0.4) is 0 Å². The molecule has 1 N–H and O–H groups in total. The van der Waals surface area contributed by atoms with Crippen LogP contribution in [0.4, 0.5) is 22.7 Å². The summed E-state index contributed by atoms with van der Waals surface area (Å²) in [6.45, 7) is 0. The summed E-state index contributed by atoms with van der Waals surface area (Å²) in [6.07, 6.45) is -0.240. The third kappa shape index (κ3) is 4.61. The van der Waals surface area contributed by atoms with Crippen LogP contribution in [-0.4, -0.2) is 0 Å². The minimum absolute atomic E-state index is 0.240. The highest BCUT2D eigenvalue weighted by Crippen LogP contribution is 2.47. The number of rotatable bonds is 5. The van der Waals surface area contributed by atoms with E-state index in [1.165, 1.54) is 11.1 Å². The number of ether oxygens (including phenoxy) is 1. The fourth-order valence-corrected chi connectivity index (χ4v) is 7.28. The number of hydrogen-bond donors (Lipinski definition) is 1. The van der Waals surface area contributed by atoms with E-state index in [1.807, 2.05) is 30.3 Å². The van der Waals surface area contributed by atoms with Gasteiger partial charge in [-0.1, -0.05) is 115 Å². The molecule has 0 fully saturated rings. The second kappa shape index (κ2) is 11.0. The average molecular weight is 631 g/mol. The Labute approximate surface area is 283 Å². The minimum atomic E-state index is -0.240. The number of anilines is 4. The van der Waals surface area contributed by atoms with Crippen molar-refractivity contribution < 1.29 is 9.15 Å². The second-order valence-corrected chi connectivity index (χ2v) is 12.6. The van der Waals surface area contributed by atoms with Crippen molar-refractivity contribution in [3.63, 3.8) is 0 Å². The maximum atomic E-state index is 6.68. The molecular formula is C45H30N2O2. The van der Waals surface area contributed by atoms with Crippen molar-refractivity contribution in [3.8, 4) is 16.9 Å². The molecule has 1 aromatic heterocycles. The van der Waals surface area contributed by atoms with Gasteiger partial charge >= 0.3 is 0 Å². The van der Waals surface area contributed by atoms with E-state index in [1.54, 1.807) is 0 Å². The Morgan fingerprint density at radius 1 is 0.469 bits per heavy atom. The molecule has 0 amide bonds. The van der Waals surface area contributed by atoms with Crippen LogP contribution < -0.4 is 15.0 Å². The van der Waals surface area contributed by atoms with Crippen molar-refractivity contribution in [2.24, 2.45) is 0 Å². The van der Waals surface area contributed by atoms with E-state index < -0.39 is 0 Å². The highest BCUT2D eigenvalue weighted by molar-refractivity contribution is 6.14. The predicted molar refractivity (Wildman–Crippen MR) is 202 cm³/mol. The molecule has 2 heterocycles. The molecule has 4 nitrogen and oxygen atoms in total. The molecule has 0 saturated carbocycles. The monoisotopic (exact) mass is 630 g/mol. The van der Waals surface area contributed by atoms with Crippen molar-refractivity contribution in [2.75, 3.05) is 10.2 Å². The summed E-state index contributed by atoms with van der Waals surface area (Å²) in [6, 6.07) is 59.8. The fraction of sp³-hybridized carbons (Fsp3) is 0.0222. The smallest absolute Gasteiger partial charge is 0.196 e. The Hall–Kier alpha value is -6.52. The predicted octanol–water partition coefficient (Wildman–Crippen LogP) is 12.5. The highest BCUT2D eigenvalue weighted by Gasteiger charge is 2.26. The molecule has 0 bridgehead atoms. The summed E-state index contributed by atoms with van der Waals surface area (Å²) in [5, 5.41) is 10.4. The van der Waals surface area contributed by atoms with Gasteiger partial charge in [-0.05, 0) is 75.8 Å². The molecule has 1 atom stereocenters. The lowest BCUT2D eigenvalue weighted by Crippen LogP contribution is -2.10. The summed E-state index contributed by atoms with van der Waals surface area (Å²) < 4.78 is 13.0. The lowest BCUT2D eigenvalue weighted by atomic mass is 9.99. The van der Waals surface area contributed by atoms with Gasteiger partial charge in [0.05, 0.1) is 5.69 Å². The van der Waals surface area contributed by atoms with Crippen LogP contribution in [0.15, 0.2) is 174 Å². The van der Waals surface area contributed by atoms with Gasteiger partial charge in [0.25, 0.3) is 0 Å². The molecule has 0 spiro atoms. The zero-order valence-electron chi connectivity index (χ0n) is 26.5. The molecular weight excluding hydrogens is 601 g/mol. The van der Waals surface area contributed by atoms with Gasteiger partial charge in [-0.2, -0.15) is 0 Å². The van der Waals surface area contributed by atoms with Crippen LogP contribution in [0.1, 0.15) is 11.8 Å². The Bertz CT molecular complexity index is 2660. The van der Waals surface area contributed by atoms with Gasteiger partial charge in [-0.3, -0.25) is 0 Å². The van der Waals surface area contributed by atoms with Crippen molar-refractivity contribution in [1.82, 2.24) is 0 Å². The number of nitrogens with one attached hydrogen (secondary N) is 1. The van der Waals surface area contributed by atoms with Crippen LogP contribution in [0.2, 0.25) is 0 Å². The van der Waals surface area contributed by atoms with Crippen LogP contribution in [0.25, 0.3) is 54.6 Å². The first-order valence-corrected chi connectivity index (χ1v) is 16.6. The summed E-state index contributed by atoms with van der Waals surface area (Å²) in [4.78, 5) is 2.31. The molecule has 4 heteroatoms. The van der Waals surface area contributed by atoms with E-state index >= 15 is 0 Å². The van der Waals surface area contributed by atoms with Crippen molar-refractivity contribution in [2.45, 2.75) is 6.23 Å². The maximum absolute atomic E-state index is 6.68. The zero-order valence-corrected chi connectivity index (χ0v) is 26.5. The van der Waals surface area contributed by atoms with E-state index in [4.69, 9.17) is 9.15 Å². The van der Waals surface area contributed by atoms with Gasteiger partial charge in [-0.15, -0.1) is 0 Å². The van der Waals surface area contributed by atoms with Gasteiger partial charge in [0, 0.05) is 44.9 Å². The molecule has 1 unspecified atom stereocenters. The third-order valence-corrected chi connectivity index (χ3v) is 9.67. The highest BCUT2D eigenvalue weighted by atomic mass is 16.5. The Kier molecular flexibility index (Phi) is 6.21. The van der Waals surface area contributed by atoms with Gasteiger partial charge in [-0.25, -0.2) is 0 Å². The summed E-state index contributed by atoms with van der Waals surface area (Å²) in [7, 11) is 0. The summed E-state index contributed by atoms with van der Waals surface area (Å²) in [5.41, 5.74) is 9.34. The van der Waals surface area contributed by atoms with E-state index in [0.717, 1.165) is 77.5 Å². The van der Waals surface area contributed by atoms with Gasteiger partial charge < -0.3 is 19.4 Å². The molecule has 0 aliphatic carbocycles. The van der Waals surface area contributed by atoms with Crippen LogP contribution in [-0.2, 0) is 0 Å². The number of benzene rings is 8. The van der Waals surface area contributed by atoms with Crippen molar-refractivity contribution >= 4 is 66.2 Å². The lowest BCUT2D eigenvalue weighted by Gasteiger charge is -2.26. The first-order chi connectivity index (χ1) is 24.3. The third-order valence-electron chi connectivity index (χ3n) is 9.67. The molecule has 1 aliphatic heterocycles. The first-order valence-electron chi connectivity index (χ1n) is 16.6. The second-order valence-electron chi connectivity index (χ2n) is 12.6. The normalized spacial score (nSPS) is 13.8. The topological polar surface area (TPSA) is 37.6 Å². The molecule has 1 aliphatic rings. The number of hydrogen-bond acceptors (Lipinski definition) is 4. The van der Waals surface area contributed by atoms with Crippen molar-refractivity contribution in [3.05, 3.63) is 175 Å². The molecule has 232 valence electrons. The first kappa shape index (κ1) is 27.6. The molecule has 9 aromatic rings. The Morgan fingerprint density at radius 2 is 1.10 bits per heavy atom. The van der Waals surface area contributed by atoms with Gasteiger partial charge in [0.1, 0.15) is 11.2 Å². The van der Waals surface area contributed by atoms with E-state index in [2.05, 4.69) is 150 Å². The van der Waals surface area contributed by atoms with Gasteiger partial charge in [0.15, 0.2) is 12.0 Å². The molecule has 10 rings (SSSR count). The van der Waals surface area contributed by atoms with E-state index in [0.29, 0.717) is 0 Å². The maximum Gasteiger partial charge on any atom is 0.196 e. The zero-order chi connectivity index (χ0) is 32.3. The van der Waals surface area contributed by atoms with Crippen molar-refractivity contribution in [1.29, 1.82) is 0 Å². The standard InChI is InChI=1S/C45H30N2O2/c1-3-9-29(10-4-1)30-17-21-34(22-18-30)47(36-24-25-38-37-13-7-8-14-41(37)48-42(38)28-36)35-23-19-31-15-16-32-20-26-40-44(43(32)39(31)27-35)49-45(46-40)33-11-5-2-6-12-33/h1-28,45-46H. The number of furan rings is 1. The SMILES string of the molecule is c1ccc(-c2ccc(N(c3ccc4c(c3)oc3ccccc34)c3ccc4ccc5ccc6c(c5c4c3)OC(c3ccccc3)N6)cc2)cc1. The van der Waals surface area contributed by atoms with E-state index in [-0.39, 0.29) is 6.23 Å². The average Bonchev–Trinajstić information content (AvgIpc) is 3.77. The Balaban J connectivity index is 1.15. The Morgan fingerprint density at radius 3 is 1.96 bits per heavy atom. The van der Waals surface area contributed by atoms with E-state index in [9.17, 15) is 0 Å². The quantitative estimate of drug-likeness (QED) is 0.192. The van der Waals surface area contributed by atoms with Crippen LogP contribution in [0.5, 0.6) is 5.75 Å². The number of nitrogens with zero attached hydrogens (tertiary/aromatic N) is 1. The summed E-state index contributed by atoms with van der Waals surface area (Å²) in [5.74, 6) is 0.886.